The highest BCUT2D eigenvalue weighted by molar-refractivity contribution is 6.08. The molecule has 0 amide bonds. The van der Waals surface area contributed by atoms with E-state index in [9.17, 15) is 4.79 Å². The minimum Gasteiger partial charge on any atom is -0.480 e. The molecule has 0 unspecified atom stereocenters. The van der Waals surface area contributed by atoms with Crippen LogP contribution in [0.5, 0.6) is 0 Å². The predicted octanol–water partition coefficient (Wildman–Crippen LogP) is -0.0756. The molecule has 4 nitrogen and oxygen atoms in total. The molecule has 0 bridgehead atoms. The molecule has 13 heavy (non-hydrogen) atoms. The second-order valence-corrected chi connectivity index (χ2v) is 3.39. The molecule has 0 aromatic rings. The summed E-state index contributed by atoms with van der Waals surface area (Å²) in [6.45, 7) is 0.429. The normalized spacial score (nSPS) is 33.5. The molecule has 3 N–H and O–H groups in total. The number of carboxylic acids is 1. The molecule has 2 radical (unpaired) electrons. The maximum atomic E-state index is 10.9. The molecule has 1 fully saturated rings. The van der Waals surface area contributed by atoms with Crippen LogP contribution in [-0.4, -0.2) is 37.2 Å². The van der Waals surface area contributed by atoms with E-state index in [0.29, 0.717) is 25.8 Å². The van der Waals surface area contributed by atoms with Gasteiger partial charge in [0.15, 0.2) is 0 Å². The van der Waals surface area contributed by atoms with E-state index in [-0.39, 0.29) is 6.10 Å². The number of aliphatic carboxylic acids is 1. The summed E-state index contributed by atoms with van der Waals surface area (Å²) in [7, 11) is 5.33. The van der Waals surface area contributed by atoms with E-state index in [1.54, 1.807) is 0 Å². The Balaban J connectivity index is 2.57. The lowest BCUT2D eigenvalue weighted by Gasteiger charge is -2.24. The van der Waals surface area contributed by atoms with Crippen LogP contribution in [0.4, 0.5) is 0 Å². The molecule has 0 aliphatic carbocycles. The Labute approximate surface area is 78.8 Å². The fraction of sp³-hybridized carbons (Fsp3) is 0.875. The van der Waals surface area contributed by atoms with Gasteiger partial charge in [-0.3, -0.25) is 4.79 Å². The summed E-state index contributed by atoms with van der Waals surface area (Å²) in [6.07, 6.45) is 1.91. The van der Waals surface area contributed by atoms with Crippen LogP contribution in [0.1, 0.15) is 19.3 Å². The fourth-order valence-corrected chi connectivity index (χ4v) is 1.57. The Morgan fingerprint density at radius 2 is 2.46 bits per heavy atom. The van der Waals surface area contributed by atoms with Crippen molar-refractivity contribution >= 4 is 13.8 Å². The van der Waals surface area contributed by atoms with Crippen LogP contribution in [0.2, 0.25) is 6.32 Å². The van der Waals surface area contributed by atoms with Crippen LogP contribution >= 0.6 is 0 Å². The monoisotopic (exact) mass is 183 g/mol. The van der Waals surface area contributed by atoms with Crippen molar-refractivity contribution < 1.29 is 14.6 Å². The van der Waals surface area contributed by atoms with Crippen molar-refractivity contribution in [1.82, 2.24) is 0 Å². The molecule has 0 saturated carbocycles. The number of carboxylic acid groups (broad SMARTS) is 1. The summed E-state index contributed by atoms with van der Waals surface area (Å²) >= 11 is 0. The van der Waals surface area contributed by atoms with Crippen molar-refractivity contribution in [2.75, 3.05) is 6.61 Å². The standard InChI is InChI=1S/C8H14BNO3/c9-4-1-2-6-8(10,7(11)12)3-5-13-6/h6H,1-5,10H2,(H,11,12)/t6-,8+/m1/s1. The van der Waals surface area contributed by atoms with E-state index in [2.05, 4.69) is 0 Å². The summed E-state index contributed by atoms with van der Waals surface area (Å²) in [5.41, 5.74) is 4.52. The second-order valence-electron chi connectivity index (χ2n) is 3.39. The first-order valence-corrected chi connectivity index (χ1v) is 4.45. The molecule has 1 aliphatic heterocycles. The van der Waals surface area contributed by atoms with Gasteiger partial charge >= 0.3 is 5.97 Å². The van der Waals surface area contributed by atoms with E-state index in [0.717, 1.165) is 6.42 Å². The number of rotatable bonds is 4. The van der Waals surface area contributed by atoms with E-state index in [4.69, 9.17) is 23.4 Å². The van der Waals surface area contributed by atoms with Gasteiger partial charge in [0.05, 0.1) is 14.0 Å². The highest BCUT2D eigenvalue weighted by atomic mass is 16.5. The molecular weight excluding hydrogens is 169 g/mol. The zero-order valence-corrected chi connectivity index (χ0v) is 7.53. The van der Waals surface area contributed by atoms with Crippen molar-refractivity contribution in [3.8, 4) is 0 Å². The average molecular weight is 183 g/mol. The summed E-state index contributed by atoms with van der Waals surface area (Å²) in [6, 6.07) is 0. The Hall–Kier alpha value is -0.545. The van der Waals surface area contributed by atoms with E-state index in [1.165, 1.54) is 0 Å². The molecule has 2 atom stereocenters. The molecule has 1 saturated heterocycles. The smallest absolute Gasteiger partial charge is 0.326 e. The maximum absolute atomic E-state index is 10.9. The number of carbonyl (C=O) groups is 1. The first-order valence-electron chi connectivity index (χ1n) is 4.45. The van der Waals surface area contributed by atoms with Crippen LogP contribution in [0.15, 0.2) is 0 Å². The molecule has 72 valence electrons. The molecule has 1 rings (SSSR count). The average Bonchev–Trinajstić information content (AvgIpc) is 2.45. The third kappa shape index (κ3) is 2.03. The van der Waals surface area contributed by atoms with Crippen LogP contribution in [-0.2, 0) is 9.53 Å². The van der Waals surface area contributed by atoms with Gasteiger partial charge in [-0.25, -0.2) is 0 Å². The summed E-state index contributed by atoms with van der Waals surface area (Å²) in [5.74, 6) is -0.980. The SMILES string of the molecule is [B]CCC[C@H]1OCC[C@@]1(N)C(=O)O. The van der Waals surface area contributed by atoms with E-state index >= 15 is 0 Å². The number of hydrogen-bond donors (Lipinski definition) is 2. The van der Waals surface area contributed by atoms with Crippen molar-refractivity contribution in [2.45, 2.75) is 37.2 Å². The van der Waals surface area contributed by atoms with Gasteiger partial charge in [0, 0.05) is 13.0 Å². The third-order valence-corrected chi connectivity index (χ3v) is 2.48. The predicted molar refractivity (Wildman–Crippen MR) is 48.7 cm³/mol. The summed E-state index contributed by atoms with van der Waals surface area (Å²) in [5, 5.41) is 8.91. The molecule has 1 aliphatic rings. The summed E-state index contributed by atoms with van der Waals surface area (Å²) in [4.78, 5) is 10.9. The van der Waals surface area contributed by atoms with Crippen molar-refractivity contribution in [2.24, 2.45) is 5.73 Å². The Kier molecular flexibility index (Phi) is 3.33. The van der Waals surface area contributed by atoms with Gasteiger partial charge in [0.1, 0.15) is 5.54 Å². The van der Waals surface area contributed by atoms with Gasteiger partial charge in [-0.2, -0.15) is 0 Å². The lowest BCUT2D eigenvalue weighted by atomic mass is 9.87. The van der Waals surface area contributed by atoms with Crippen LogP contribution < -0.4 is 5.73 Å². The van der Waals surface area contributed by atoms with Crippen molar-refractivity contribution in [3.63, 3.8) is 0 Å². The lowest BCUT2D eigenvalue weighted by molar-refractivity contribution is -0.145. The molecule has 0 aromatic heterocycles. The van der Waals surface area contributed by atoms with Crippen LogP contribution in [0.25, 0.3) is 0 Å². The van der Waals surface area contributed by atoms with Crippen molar-refractivity contribution in [1.29, 1.82) is 0 Å². The first-order chi connectivity index (χ1) is 6.11. The van der Waals surface area contributed by atoms with Crippen LogP contribution in [0, 0.1) is 0 Å². The third-order valence-electron chi connectivity index (χ3n) is 2.48. The van der Waals surface area contributed by atoms with Gasteiger partial charge < -0.3 is 15.6 Å². The van der Waals surface area contributed by atoms with Crippen LogP contribution in [0.3, 0.4) is 0 Å². The molecule has 1 heterocycles. The topological polar surface area (TPSA) is 72.5 Å². The minimum absolute atomic E-state index is 0.381. The Bertz CT molecular complexity index is 200. The number of nitrogens with two attached hydrogens (primary N) is 1. The maximum Gasteiger partial charge on any atom is 0.326 e. The minimum atomic E-state index is -1.20. The second kappa shape index (κ2) is 4.11. The zero-order valence-electron chi connectivity index (χ0n) is 7.53. The largest absolute Gasteiger partial charge is 0.480 e. The quantitative estimate of drug-likeness (QED) is 0.598. The highest BCUT2D eigenvalue weighted by Crippen LogP contribution is 2.27. The molecular formula is C8H14BNO3. The molecule has 5 heteroatoms. The Morgan fingerprint density at radius 3 is 3.00 bits per heavy atom. The van der Waals surface area contributed by atoms with E-state index < -0.39 is 11.5 Å². The zero-order chi connectivity index (χ0) is 9.90. The molecule has 0 aromatic carbocycles. The number of hydrogen-bond acceptors (Lipinski definition) is 3. The fourth-order valence-electron chi connectivity index (χ4n) is 1.57. The summed E-state index contributed by atoms with van der Waals surface area (Å²) < 4.78 is 5.27. The highest BCUT2D eigenvalue weighted by Gasteiger charge is 2.46. The van der Waals surface area contributed by atoms with Gasteiger partial charge in [0.2, 0.25) is 0 Å². The van der Waals surface area contributed by atoms with Crippen molar-refractivity contribution in [3.05, 3.63) is 0 Å². The number of ether oxygens (including phenoxy) is 1. The Morgan fingerprint density at radius 1 is 1.77 bits per heavy atom. The lowest BCUT2D eigenvalue weighted by Crippen LogP contribution is -2.54. The van der Waals surface area contributed by atoms with E-state index in [1.807, 2.05) is 0 Å². The van der Waals surface area contributed by atoms with Gasteiger partial charge in [-0.15, -0.1) is 0 Å². The van der Waals surface area contributed by atoms with Gasteiger partial charge in [-0.1, -0.05) is 12.7 Å². The molecule has 0 spiro atoms. The van der Waals surface area contributed by atoms with Gasteiger partial charge in [-0.05, 0) is 6.42 Å². The first kappa shape index (κ1) is 10.5. The van der Waals surface area contributed by atoms with Gasteiger partial charge in [0.25, 0.3) is 0 Å².